The number of esters is 2. The van der Waals surface area contributed by atoms with Crippen molar-refractivity contribution in [1.29, 1.82) is 0 Å². The zero-order valence-corrected chi connectivity index (χ0v) is 19.6. The summed E-state index contributed by atoms with van der Waals surface area (Å²) in [6.45, 7) is 3.62. The van der Waals surface area contributed by atoms with Crippen molar-refractivity contribution in [1.82, 2.24) is 4.90 Å². The van der Waals surface area contributed by atoms with Crippen LogP contribution in [-0.4, -0.2) is 48.0 Å². The van der Waals surface area contributed by atoms with Gasteiger partial charge in [0.15, 0.2) is 11.8 Å². The summed E-state index contributed by atoms with van der Waals surface area (Å²) in [5.41, 5.74) is 0.728. The smallest absolute Gasteiger partial charge is 0.336 e. The predicted molar refractivity (Wildman–Crippen MR) is 116 cm³/mol. The number of rotatable bonds is 4. The number of nitrogens with zero attached hydrogens (tertiary/aromatic N) is 1. The number of carbonyl (C=O) groups is 3. The fraction of sp³-hybridized carbons (Fsp3) is 0.250. The molecule has 1 aromatic carbocycles. The molecule has 0 saturated heterocycles. The highest BCUT2D eigenvalue weighted by atomic mass is 79.9. The minimum Gasteiger partial charge on any atom is -0.506 e. The van der Waals surface area contributed by atoms with Crippen LogP contribution in [0.2, 0.25) is 5.02 Å². The Hall–Kier alpha value is -2.23. The topological polar surface area (TPSA) is 93.1 Å². The maximum Gasteiger partial charge on any atom is 0.336 e. The van der Waals surface area contributed by atoms with Crippen LogP contribution in [0, 0.1) is 0 Å². The fourth-order valence-corrected chi connectivity index (χ4v) is 5.15. The number of methoxy groups -OCH3 is 2. The van der Waals surface area contributed by atoms with E-state index in [9.17, 15) is 19.5 Å². The van der Waals surface area contributed by atoms with Gasteiger partial charge >= 0.3 is 11.9 Å². The molecule has 1 unspecified atom stereocenters. The Kier molecular flexibility index (Phi) is 6.35. The Morgan fingerprint density at radius 3 is 2.47 bits per heavy atom. The summed E-state index contributed by atoms with van der Waals surface area (Å²) in [5, 5.41) is 11.1. The standard InChI is InChI=1S/C20H17BrClNO6S/c1-8-9(2)30-18-13(16(24)12-5-10(22)6-14(21)17(12)25)7-11(19(26)28-3)15(23(8)18)20(27)29-4/h5-7,15,25H,1-4H3. The Morgan fingerprint density at radius 1 is 1.20 bits per heavy atom. The summed E-state index contributed by atoms with van der Waals surface area (Å²) in [6, 6.07) is 1.70. The molecular weight excluding hydrogens is 498 g/mol. The van der Waals surface area contributed by atoms with Crippen LogP contribution in [0.5, 0.6) is 5.75 Å². The minimum absolute atomic E-state index is 0.0448. The molecule has 0 bridgehead atoms. The summed E-state index contributed by atoms with van der Waals surface area (Å²) < 4.78 is 10.0. The van der Waals surface area contributed by atoms with Crippen LogP contribution in [0.1, 0.15) is 24.2 Å². The van der Waals surface area contributed by atoms with Gasteiger partial charge in [-0.25, -0.2) is 9.59 Å². The van der Waals surface area contributed by atoms with E-state index in [1.165, 1.54) is 44.2 Å². The van der Waals surface area contributed by atoms with Crippen molar-refractivity contribution >= 4 is 57.0 Å². The van der Waals surface area contributed by atoms with Crippen LogP contribution in [0.3, 0.4) is 0 Å². The summed E-state index contributed by atoms with van der Waals surface area (Å²) >= 11 is 10.5. The van der Waals surface area contributed by atoms with E-state index >= 15 is 0 Å². The van der Waals surface area contributed by atoms with Crippen LogP contribution >= 0.6 is 39.3 Å². The Balaban J connectivity index is 2.26. The van der Waals surface area contributed by atoms with Gasteiger partial charge in [-0.3, -0.25) is 4.79 Å². The number of ketones is 1. The second kappa shape index (κ2) is 8.49. The lowest BCUT2D eigenvalue weighted by atomic mass is 9.93. The number of phenols is 1. The van der Waals surface area contributed by atoms with E-state index in [4.69, 9.17) is 21.1 Å². The molecule has 3 rings (SSSR count). The van der Waals surface area contributed by atoms with E-state index < -0.39 is 23.8 Å². The first-order valence-electron chi connectivity index (χ1n) is 8.61. The van der Waals surface area contributed by atoms with E-state index in [1.807, 2.05) is 6.92 Å². The molecule has 1 aromatic rings. The van der Waals surface area contributed by atoms with Gasteiger partial charge in [0.25, 0.3) is 0 Å². The number of phenolic OH excluding ortho intramolecular Hbond substituents is 1. The molecule has 0 aromatic heterocycles. The molecule has 158 valence electrons. The van der Waals surface area contributed by atoms with Crippen LogP contribution in [-0.2, 0) is 19.1 Å². The number of fused-ring (bicyclic) bond motifs is 1. The third-order valence-corrected chi connectivity index (χ3v) is 6.82. The lowest BCUT2D eigenvalue weighted by molar-refractivity contribution is -0.147. The third kappa shape index (κ3) is 3.66. The van der Waals surface area contributed by atoms with Crippen molar-refractivity contribution in [3.8, 4) is 5.75 Å². The van der Waals surface area contributed by atoms with E-state index in [2.05, 4.69) is 15.9 Å². The van der Waals surface area contributed by atoms with Crippen LogP contribution in [0.25, 0.3) is 0 Å². The van der Waals surface area contributed by atoms with Gasteiger partial charge in [0, 0.05) is 15.6 Å². The second-order valence-corrected chi connectivity index (χ2v) is 8.96. The van der Waals surface area contributed by atoms with Gasteiger partial charge in [-0.1, -0.05) is 23.4 Å². The summed E-state index contributed by atoms with van der Waals surface area (Å²) in [5.74, 6) is -2.28. The molecule has 0 radical (unpaired) electrons. The van der Waals surface area contributed by atoms with Gasteiger partial charge in [0.1, 0.15) is 5.75 Å². The molecule has 2 aliphatic heterocycles. The number of aromatic hydroxyl groups is 1. The highest BCUT2D eigenvalue weighted by Gasteiger charge is 2.45. The van der Waals surface area contributed by atoms with Crippen LogP contribution < -0.4 is 0 Å². The molecule has 0 saturated carbocycles. The predicted octanol–water partition coefficient (Wildman–Crippen LogP) is 4.16. The number of thioether (sulfide) groups is 1. The number of hydrogen-bond donors (Lipinski definition) is 1. The lowest BCUT2D eigenvalue weighted by Gasteiger charge is -2.34. The summed E-state index contributed by atoms with van der Waals surface area (Å²) in [6.07, 6.45) is 1.31. The number of ether oxygens (including phenoxy) is 2. The van der Waals surface area contributed by atoms with Gasteiger partial charge in [-0.05, 0) is 48.0 Å². The minimum atomic E-state index is -1.10. The maximum atomic E-state index is 13.4. The number of carbonyl (C=O) groups excluding carboxylic acids is 3. The lowest BCUT2D eigenvalue weighted by Crippen LogP contribution is -2.44. The molecule has 0 aliphatic carbocycles. The van der Waals surface area contributed by atoms with Crippen LogP contribution in [0.15, 0.2) is 49.5 Å². The average molecular weight is 515 g/mol. The molecule has 10 heteroatoms. The number of halogens is 2. The fourth-order valence-electron chi connectivity index (χ4n) is 3.20. The number of benzene rings is 1. The third-order valence-electron chi connectivity index (χ3n) is 4.79. The molecular formula is C20H17BrClNO6S. The average Bonchev–Trinajstić information content (AvgIpc) is 3.02. The molecule has 30 heavy (non-hydrogen) atoms. The number of allylic oxidation sites excluding steroid dienone is 4. The van der Waals surface area contributed by atoms with Crippen molar-refractivity contribution < 1.29 is 29.0 Å². The Labute approximate surface area is 190 Å². The van der Waals surface area contributed by atoms with E-state index in [-0.39, 0.29) is 32.0 Å². The number of Topliss-reactive ketones (excluding diaryl/α,β-unsaturated/α-hetero) is 1. The molecule has 1 atom stereocenters. The van der Waals surface area contributed by atoms with Crippen molar-refractivity contribution in [2.45, 2.75) is 19.9 Å². The molecule has 2 aliphatic rings. The second-order valence-electron chi connectivity index (χ2n) is 6.46. The molecule has 7 nitrogen and oxygen atoms in total. The summed E-state index contributed by atoms with van der Waals surface area (Å²) in [7, 11) is 2.41. The quantitative estimate of drug-likeness (QED) is 0.473. The largest absolute Gasteiger partial charge is 0.506 e. The van der Waals surface area contributed by atoms with E-state index in [0.29, 0.717) is 10.7 Å². The van der Waals surface area contributed by atoms with Gasteiger partial charge < -0.3 is 19.5 Å². The highest BCUT2D eigenvalue weighted by Crippen LogP contribution is 2.48. The summed E-state index contributed by atoms with van der Waals surface area (Å²) in [4.78, 5) is 40.9. The zero-order valence-electron chi connectivity index (χ0n) is 16.4. The van der Waals surface area contributed by atoms with Crippen molar-refractivity contribution in [3.05, 3.63) is 60.0 Å². The molecule has 0 spiro atoms. The zero-order chi connectivity index (χ0) is 22.3. The maximum absolute atomic E-state index is 13.4. The van der Waals surface area contributed by atoms with Gasteiger partial charge in [-0.15, -0.1) is 0 Å². The van der Waals surface area contributed by atoms with Crippen molar-refractivity contribution in [2.75, 3.05) is 14.2 Å². The van der Waals surface area contributed by atoms with Crippen molar-refractivity contribution in [3.63, 3.8) is 0 Å². The first kappa shape index (κ1) is 22.5. The molecule has 0 amide bonds. The van der Waals surface area contributed by atoms with Gasteiger partial charge in [-0.2, -0.15) is 0 Å². The van der Waals surface area contributed by atoms with E-state index in [1.54, 1.807) is 11.8 Å². The molecule has 2 heterocycles. The van der Waals surface area contributed by atoms with Crippen molar-refractivity contribution in [2.24, 2.45) is 0 Å². The van der Waals surface area contributed by atoms with Gasteiger partial charge in [0.05, 0.1) is 40.4 Å². The Morgan fingerprint density at radius 2 is 1.87 bits per heavy atom. The van der Waals surface area contributed by atoms with Gasteiger partial charge in [0.2, 0.25) is 0 Å². The highest BCUT2D eigenvalue weighted by molar-refractivity contribution is 9.10. The monoisotopic (exact) mass is 513 g/mol. The first-order chi connectivity index (χ1) is 14.1. The Bertz CT molecular complexity index is 1080. The van der Waals surface area contributed by atoms with Crippen LogP contribution in [0.4, 0.5) is 0 Å². The van der Waals surface area contributed by atoms with E-state index in [0.717, 1.165) is 4.91 Å². The normalized spacial score (nSPS) is 18.3. The first-order valence-corrected chi connectivity index (χ1v) is 10.6. The number of hydrogen-bond acceptors (Lipinski definition) is 8. The molecule has 1 N–H and O–H groups in total. The SMILES string of the molecule is COC(=O)C1=CC(C(=O)c2cc(Cl)cc(Br)c2O)=C2SC(C)=C(C)N2C1C(=O)OC. The molecule has 0 fully saturated rings.